The van der Waals surface area contributed by atoms with Crippen LogP contribution < -0.4 is 5.56 Å². The van der Waals surface area contributed by atoms with Crippen LogP contribution in [0.5, 0.6) is 0 Å². The average Bonchev–Trinajstić information content (AvgIpc) is 2.27. The fourth-order valence-electron chi connectivity index (χ4n) is 2.09. The molecule has 2 heterocycles. The van der Waals surface area contributed by atoms with Crippen LogP contribution >= 0.6 is 0 Å². The van der Waals surface area contributed by atoms with Gasteiger partial charge >= 0.3 is 0 Å². The van der Waals surface area contributed by atoms with Crippen molar-refractivity contribution in [2.24, 2.45) is 0 Å². The van der Waals surface area contributed by atoms with Crippen molar-refractivity contribution in [3.05, 3.63) is 33.2 Å². The number of aromatic nitrogens is 1. The van der Waals surface area contributed by atoms with Crippen molar-refractivity contribution in [1.82, 2.24) is 9.88 Å². The molecule has 4 nitrogen and oxygen atoms in total. The van der Waals surface area contributed by atoms with Gasteiger partial charge in [0.25, 0.3) is 5.56 Å². The van der Waals surface area contributed by atoms with Gasteiger partial charge in [-0.3, -0.25) is 14.5 Å². The Morgan fingerprint density at radius 1 is 1.56 bits per heavy atom. The van der Waals surface area contributed by atoms with Crippen LogP contribution in [0.2, 0.25) is 0 Å². The summed E-state index contributed by atoms with van der Waals surface area (Å²) in [4.78, 5) is 28.0. The summed E-state index contributed by atoms with van der Waals surface area (Å²) in [6.07, 6.45) is 0.903. The Morgan fingerprint density at radius 3 is 2.94 bits per heavy atom. The molecule has 4 heteroatoms. The number of H-pyrrole nitrogens is 1. The van der Waals surface area contributed by atoms with Gasteiger partial charge in [0.2, 0.25) is 0 Å². The molecule has 2 rings (SSSR count). The number of carbonyl (C=O) groups excluding carboxylic acids is 1. The summed E-state index contributed by atoms with van der Waals surface area (Å²) in [5.74, 6) is -0.165. The minimum Gasteiger partial charge on any atom is -0.324 e. The van der Waals surface area contributed by atoms with Crippen molar-refractivity contribution in [3.8, 4) is 0 Å². The van der Waals surface area contributed by atoms with E-state index >= 15 is 0 Å². The lowest BCUT2D eigenvalue weighted by atomic mass is 10.0. The van der Waals surface area contributed by atoms with E-state index in [2.05, 4.69) is 16.8 Å². The zero-order chi connectivity index (χ0) is 11.7. The molecule has 0 unspecified atom stereocenters. The average molecular weight is 220 g/mol. The Morgan fingerprint density at radius 2 is 2.31 bits per heavy atom. The third-order valence-electron chi connectivity index (χ3n) is 3.12. The van der Waals surface area contributed by atoms with Crippen LogP contribution in [-0.4, -0.2) is 28.8 Å². The van der Waals surface area contributed by atoms with Gasteiger partial charge in [-0.25, -0.2) is 0 Å². The van der Waals surface area contributed by atoms with E-state index in [1.807, 2.05) is 0 Å². The summed E-state index contributed by atoms with van der Waals surface area (Å²) in [5.41, 5.74) is 2.09. The standard InChI is InChI=1S/C12H16N2O2/c1-3-14-5-4-9-6-10(8(2)15)12(16)13-11(9)7-14/h6H,3-5,7H2,1-2H3,(H,13,16). The van der Waals surface area contributed by atoms with Gasteiger partial charge < -0.3 is 4.98 Å². The maximum Gasteiger partial charge on any atom is 0.259 e. The number of rotatable bonds is 2. The number of hydrogen-bond donors (Lipinski definition) is 1. The quantitative estimate of drug-likeness (QED) is 0.755. The van der Waals surface area contributed by atoms with Gasteiger partial charge in [0.05, 0.1) is 5.56 Å². The van der Waals surface area contributed by atoms with E-state index in [1.54, 1.807) is 6.07 Å². The van der Waals surface area contributed by atoms with Crippen molar-refractivity contribution in [1.29, 1.82) is 0 Å². The van der Waals surface area contributed by atoms with Crippen LogP contribution in [0, 0.1) is 0 Å². The normalized spacial score (nSPS) is 15.9. The molecule has 0 saturated heterocycles. The molecule has 1 N–H and O–H groups in total. The second-order valence-electron chi connectivity index (χ2n) is 4.19. The van der Waals surface area contributed by atoms with Crippen LogP contribution in [0.3, 0.4) is 0 Å². The molecule has 0 saturated carbocycles. The predicted octanol–water partition coefficient (Wildman–Crippen LogP) is 0.956. The third kappa shape index (κ3) is 1.93. The zero-order valence-electron chi connectivity index (χ0n) is 9.67. The van der Waals surface area contributed by atoms with Crippen LogP contribution in [0.1, 0.15) is 35.5 Å². The van der Waals surface area contributed by atoms with E-state index in [4.69, 9.17) is 0 Å². The summed E-state index contributed by atoms with van der Waals surface area (Å²) < 4.78 is 0. The molecule has 1 aromatic rings. The zero-order valence-corrected chi connectivity index (χ0v) is 9.67. The molecule has 86 valence electrons. The SMILES string of the molecule is CCN1CCc2cc(C(C)=O)c(=O)[nH]c2C1. The van der Waals surface area contributed by atoms with Crippen molar-refractivity contribution in [2.45, 2.75) is 26.8 Å². The number of hydrogen-bond acceptors (Lipinski definition) is 3. The number of fused-ring (bicyclic) bond motifs is 1. The number of ketones is 1. The minimum absolute atomic E-state index is 0.165. The first-order valence-corrected chi connectivity index (χ1v) is 5.60. The Balaban J connectivity index is 2.42. The van der Waals surface area contributed by atoms with Crippen molar-refractivity contribution in [2.75, 3.05) is 13.1 Å². The highest BCUT2D eigenvalue weighted by molar-refractivity contribution is 5.93. The maximum atomic E-state index is 11.6. The molecule has 1 aliphatic heterocycles. The van der Waals surface area contributed by atoms with Gasteiger partial charge in [-0.05, 0) is 31.5 Å². The fraction of sp³-hybridized carbons (Fsp3) is 0.500. The number of nitrogens with one attached hydrogen (secondary N) is 1. The molecule has 0 bridgehead atoms. The lowest BCUT2D eigenvalue weighted by Gasteiger charge is -2.27. The molecule has 0 aliphatic carbocycles. The largest absolute Gasteiger partial charge is 0.324 e. The number of carbonyl (C=O) groups is 1. The molecular formula is C12H16N2O2. The van der Waals surface area contributed by atoms with Crippen LogP contribution in [-0.2, 0) is 13.0 Å². The van der Waals surface area contributed by atoms with E-state index in [0.29, 0.717) is 0 Å². The van der Waals surface area contributed by atoms with Gasteiger partial charge in [0, 0.05) is 18.8 Å². The van der Waals surface area contributed by atoms with Crippen LogP contribution in [0.25, 0.3) is 0 Å². The summed E-state index contributed by atoms with van der Waals surface area (Å²) in [5, 5.41) is 0. The summed E-state index contributed by atoms with van der Waals surface area (Å²) in [7, 11) is 0. The topological polar surface area (TPSA) is 53.2 Å². The molecule has 0 amide bonds. The first-order chi connectivity index (χ1) is 7.61. The van der Waals surface area contributed by atoms with E-state index in [0.717, 1.165) is 37.3 Å². The summed E-state index contributed by atoms with van der Waals surface area (Å²) in [6, 6.07) is 1.75. The Hall–Kier alpha value is -1.42. The Bertz CT molecular complexity index is 476. The van der Waals surface area contributed by atoms with E-state index in [-0.39, 0.29) is 16.9 Å². The van der Waals surface area contributed by atoms with E-state index < -0.39 is 0 Å². The first-order valence-electron chi connectivity index (χ1n) is 5.60. The Kier molecular flexibility index (Phi) is 2.92. The van der Waals surface area contributed by atoms with Crippen molar-refractivity contribution in [3.63, 3.8) is 0 Å². The number of pyridine rings is 1. The first kappa shape index (κ1) is 11.1. The number of Topliss-reactive ketones (excluding diaryl/α,β-unsaturated/α-hetero) is 1. The number of nitrogens with zero attached hydrogens (tertiary/aromatic N) is 1. The molecule has 0 radical (unpaired) electrons. The molecule has 1 aliphatic rings. The third-order valence-corrected chi connectivity index (χ3v) is 3.12. The minimum atomic E-state index is -0.260. The number of likely N-dealkylation sites (N-methyl/N-ethyl adjacent to an activating group) is 1. The number of aromatic amines is 1. The molecule has 0 spiro atoms. The molecular weight excluding hydrogens is 204 g/mol. The highest BCUT2D eigenvalue weighted by Gasteiger charge is 2.18. The smallest absolute Gasteiger partial charge is 0.259 e. The van der Waals surface area contributed by atoms with Gasteiger partial charge in [0.1, 0.15) is 0 Å². The van der Waals surface area contributed by atoms with Crippen LogP contribution in [0.4, 0.5) is 0 Å². The fourth-order valence-corrected chi connectivity index (χ4v) is 2.09. The Labute approximate surface area is 94.3 Å². The lowest BCUT2D eigenvalue weighted by molar-refractivity contribution is 0.101. The molecule has 16 heavy (non-hydrogen) atoms. The molecule has 0 aromatic carbocycles. The monoisotopic (exact) mass is 220 g/mol. The van der Waals surface area contributed by atoms with Gasteiger partial charge in [-0.15, -0.1) is 0 Å². The highest BCUT2D eigenvalue weighted by Crippen LogP contribution is 2.16. The van der Waals surface area contributed by atoms with Gasteiger partial charge in [-0.1, -0.05) is 6.92 Å². The lowest BCUT2D eigenvalue weighted by Crippen LogP contribution is -2.33. The van der Waals surface area contributed by atoms with Gasteiger partial charge in [-0.2, -0.15) is 0 Å². The van der Waals surface area contributed by atoms with E-state index in [9.17, 15) is 9.59 Å². The second-order valence-corrected chi connectivity index (χ2v) is 4.19. The summed E-state index contributed by atoms with van der Waals surface area (Å²) in [6.45, 7) is 6.28. The molecule has 0 fully saturated rings. The van der Waals surface area contributed by atoms with Gasteiger partial charge in [0.15, 0.2) is 5.78 Å². The molecule has 0 atom stereocenters. The highest BCUT2D eigenvalue weighted by atomic mass is 16.1. The summed E-state index contributed by atoms with van der Waals surface area (Å²) >= 11 is 0. The predicted molar refractivity (Wildman–Crippen MR) is 61.7 cm³/mol. The van der Waals surface area contributed by atoms with Crippen molar-refractivity contribution < 1.29 is 4.79 Å². The second kappa shape index (κ2) is 4.22. The molecule has 1 aromatic heterocycles. The van der Waals surface area contributed by atoms with Crippen molar-refractivity contribution >= 4 is 5.78 Å². The van der Waals surface area contributed by atoms with E-state index in [1.165, 1.54) is 6.92 Å². The van der Waals surface area contributed by atoms with Crippen LogP contribution in [0.15, 0.2) is 10.9 Å². The maximum absolute atomic E-state index is 11.6.